The summed E-state index contributed by atoms with van der Waals surface area (Å²) < 4.78 is 42.0. The topological polar surface area (TPSA) is 83.6 Å². The summed E-state index contributed by atoms with van der Waals surface area (Å²) in [6.07, 6.45) is -3.50. The van der Waals surface area contributed by atoms with Crippen molar-refractivity contribution in [3.05, 3.63) is 17.8 Å². The van der Waals surface area contributed by atoms with E-state index in [1.54, 1.807) is 0 Å². The lowest BCUT2D eigenvalue weighted by molar-refractivity contribution is -0.186. The zero-order valence-corrected chi connectivity index (χ0v) is 9.48. The van der Waals surface area contributed by atoms with E-state index in [1.807, 2.05) is 0 Å². The first-order valence-corrected chi connectivity index (χ1v) is 5.37. The molecule has 1 atom stereocenters. The number of amides is 1. The highest BCUT2D eigenvalue weighted by atomic mass is 19.4. The van der Waals surface area contributed by atoms with Gasteiger partial charge in [0.1, 0.15) is 12.3 Å². The first kappa shape index (κ1) is 13.4. The van der Waals surface area contributed by atoms with E-state index in [0.29, 0.717) is 11.3 Å². The van der Waals surface area contributed by atoms with E-state index >= 15 is 0 Å². The van der Waals surface area contributed by atoms with Gasteiger partial charge >= 0.3 is 18.1 Å². The van der Waals surface area contributed by atoms with Crippen LogP contribution < -0.4 is 0 Å². The average molecular weight is 278 g/mol. The van der Waals surface area contributed by atoms with Gasteiger partial charge in [-0.3, -0.25) is 4.79 Å². The lowest BCUT2D eigenvalue weighted by Crippen LogP contribution is -2.40. The number of halogens is 3. The molecule has 0 aromatic carbocycles. The predicted octanol–water partition coefficient (Wildman–Crippen LogP) is 1.60. The van der Waals surface area contributed by atoms with Crippen LogP contribution in [0.3, 0.4) is 0 Å². The zero-order valence-electron chi connectivity index (χ0n) is 9.48. The molecular formula is C10H9F3N2O4. The molecule has 1 aromatic heterocycles. The maximum Gasteiger partial charge on any atom is 0.471 e. The van der Waals surface area contributed by atoms with E-state index in [1.165, 1.54) is 0 Å². The number of carboxylic acid groups (broad SMARTS) is 1. The number of aromatic carboxylic acids is 1. The summed E-state index contributed by atoms with van der Waals surface area (Å²) in [7, 11) is 0. The normalized spacial score (nSPS) is 19.7. The third kappa shape index (κ3) is 2.54. The fourth-order valence-corrected chi connectivity index (χ4v) is 1.97. The molecule has 0 unspecified atom stereocenters. The van der Waals surface area contributed by atoms with Crippen molar-refractivity contribution in [3.63, 3.8) is 0 Å². The Labute approximate surface area is 104 Å². The van der Waals surface area contributed by atoms with Crippen LogP contribution in [0, 0.1) is 0 Å². The number of aromatic nitrogens is 1. The Morgan fingerprint density at radius 3 is 2.68 bits per heavy atom. The highest BCUT2D eigenvalue weighted by Crippen LogP contribution is 2.34. The van der Waals surface area contributed by atoms with Crippen LogP contribution in [0.1, 0.15) is 35.3 Å². The second-order valence-electron chi connectivity index (χ2n) is 4.03. The summed E-state index contributed by atoms with van der Waals surface area (Å²) in [6, 6.07) is -0.970. The van der Waals surface area contributed by atoms with Crippen LogP contribution in [0.25, 0.3) is 0 Å². The Hall–Kier alpha value is -2.06. The second kappa shape index (κ2) is 4.56. The molecule has 2 heterocycles. The van der Waals surface area contributed by atoms with Gasteiger partial charge in [-0.1, -0.05) is 0 Å². The molecule has 0 spiro atoms. The molecule has 1 aromatic rings. The molecule has 1 fully saturated rings. The van der Waals surface area contributed by atoms with Crippen molar-refractivity contribution >= 4 is 11.9 Å². The number of alkyl halides is 3. The summed E-state index contributed by atoms with van der Waals surface area (Å²) in [4.78, 5) is 26.0. The van der Waals surface area contributed by atoms with Crippen molar-refractivity contribution in [2.24, 2.45) is 0 Å². The maximum atomic E-state index is 12.4. The van der Waals surface area contributed by atoms with Crippen LogP contribution in [-0.2, 0) is 4.79 Å². The maximum absolute atomic E-state index is 12.4. The highest BCUT2D eigenvalue weighted by Gasteiger charge is 2.47. The van der Waals surface area contributed by atoms with Gasteiger partial charge in [0.05, 0.1) is 0 Å². The molecule has 1 amide bonds. The first-order valence-electron chi connectivity index (χ1n) is 5.37. The molecule has 6 nitrogen and oxygen atoms in total. The number of oxazole rings is 1. The molecular weight excluding hydrogens is 269 g/mol. The molecule has 0 aliphatic carbocycles. The van der Waals surface area contributed by atoms with Gasteiger partial charge in [0, 0.05) is 6.54 Å². The van der Waals surface area contributed by atoms with Gasteiger partial charge in [-0.2, -0.15) is 13.2 Å². The molecule has 2 rings (SSSR count). The Morgan fingerprint density at radius 2 is 2.16 bits per heavy atom. The van der Waals surface area contributed by atoms with Crippen molar-refractivity contribution < 1.29 is 32.3 Å². The van der Waals surface area contributed by atoms with E-state index in [2.05, 4.69) is 4.98 Å². The van der Waals surface area contributed by atoms with E-state index < -0.39 is 29.8 Å². The van der Waals surface area contributed by atoms with Crippen molar-refractivity contribution in [2.75, 3.05) is 6.54 Å². The number of hydrogen-bond acceptors (Lipinski definition) is 4. The Balaban J connectivity index is 2.23. The summed E-state index contributed by atoms with van der Waals surface area (Å²) in [6.45, 7) is -0.0617. The average Bonchev–Trinajstić information content (AvgIpc) is 2.95. The molecule has 1 N–H and O–H groups in total. The number of carbonyl (C=O) groups excluding carboxylic acids is 1. The lowest BCUT2D eigenvalue weighted by atomic mass is 10.2. The Bertz CT molecular complexity index is 511. The fraction of sp³-hybridized carbons (Fsp3) is 0.500. The molecule has 0 saturated carbocycles. The molecule has 104 valence electrons. The van der Waals surface area contributed by atoms with E-state index in [-0.39, 0.29) is 18.9 Å². The Morgan fingerprint density at radius 1 is 1.47 bits per heavy atom. The van der Waals surface area contributed by atoms with Crippen LogP contribution in [0.5, 0.6) is 0 Å². The molecule has 19 heavy (non-hydrogen) atoms. The molecule has 1 aliphatic heterocycles. The molecule has 1 saturated heterocycles. The van der Waals surface area contributed by atoms with Crippen LogP contribution in [0.15, 0.2) is 10.7 Å². The minimum Gasteiger partial charge on any atom is -0.476 e. The Kier molecular flexibility index (Phi) is 3.21. The van der Waals surface area contributed by atoms with Gasteiger partial charge in [-0.15, -0.1) is 0 Å². The minimum absolute atomic E-state index is 0.0617. The van der Waals surface area contributed by atoms with Crippen LogP contribution in [-0.4, -0.2) is 39.6 Å². The standard InChI is InChI=1S/C10H9F3N2O4/c11-10(12,13)9(18)15-3-1-2-6(15)7-14-5(4-19-7)8(16)17/h4,6H,1-3H2,(H,16,17)/t6-/m0/s1. The van der Waals surface area contributed by atoms with Crippen LogP contribution >= 0.6 is 0 Å². The van der Waals surface area contributed by atoms with E-state index in [9.17, 15) is 22.8 Å². The first-order chi connectivity index (χ1) is 8.80. The van der Waals surface area contributed by atoms with Gasteiger partial charge in [0.2, 0.25) is 5.89 Å². The number of carbonyl (C=O) groups is 2. The van der Waals surface area contributed by atoms with Crippen LogP contribution in [0.4, 0.5) is 13.2 Å². The van der Waals surface area contributed by atoms with Crippen LogP contribution in [0.2, 0.25) is 0 Å². The molecule has 0 radical (unpaired) electrons. The quantitative estimate of drug-likeness (QED) is 0.888. The summed E-state index contributed by atoms with van der Waals surface area (Å²) in [5, 5.41) is 8.66. The van der Waals surface area contributed by atoms with E-state index in [4.69, 9.17) is 9.52 Å². The fourth-order valence-electron chi connectivity index (χ4n) is 1.97. The number of carboxylic acids is 1. The minimum atomic E-state index is -4.97. The van der Waals surface area contributed by atoms with Gasteiger partial charge in [0.25, 0.3) is 0 Å². The predicted molar refractivity (Wildman–Crippen MR) is 53.2 cm³/mol. The van der Waals surface area contributed by atoms with Crippen molar-refractivity contribution in [2.45, 2.75) is 25.1 Å². The summed E-state index contributed by atoms with van der Waals surface area (Å²) in [5.41, 5.74) is -0.402. The number of likely N-dealkylation sites (tertiary alicyclic amines) is 1. The third-order valence-electron chi connectivity index (χ3n) is 2.78. The second-order valence-corrected chi connectivity index (χ2v) is 4.03. The lowest BCUT2D eigenvalue weighted by Gasteiger charge is -2.23. The number of hydrogen-bond donors (Lipinski definition) is 1. The van der Waals surface area contributed by atoms with Gasteiger partial charge in [0.15, 0.2) is 5.69 Å². The smallest absolute Gasteiger partial charge is 0.471 e. The SMILES string of the molecule is O=C(O)c1coc([C@@H]2CCCN2C(=O)C(F)(F)F)n1. The zero-order chi connectivity index (χ0) is 14.2. The molecule has 1 aliphatic rings. The molecule has 0 bridgehead atoms. The third-order valence-corrected chi connectivity index (χ3v) is 2.78. The van der Waals surface area contributed by atoms with Gasteiger partial charge < -0.3 is 14.4 Å². The largest absolute Gasteiger partial charge is 0.476 e. The van der Waals surface area contributed by atoms with Gasteiger partial charge in [-0.25, -0.2) is 9.78 Å². The van der Waals surface area contributed by atoms with Gasteiger partial charge in [-0.05, 0) is 12.8 Å². The van der Waals surface area contributed by atoms with Crippen molar-refractivity contribution in [1.82, 2.24) is 9.88 Å². The van der Waals surface area contributed by atoms with E-state index in [0.717, 1.165) is 6.26 Å². The summed E-state index contributed by atoms with van der Waals surface area (Å²) in [5.74, 6) is -3.50. The highest BCUT2D eigenvalue weighted by molar-refractivity contribution is 5.85. The summed E-state index contributed by atoms with van der Waals surface area (Å²) >= 11 is 0. The van der Waals surface area contributed by atoms with Crippen molar-refractivity contribution in [1.29, 1.82) is 0 Å². The molecule has 9 heteroatoms. The number of nitrogens with zero attached hydrogens (tertiary/aromatic N) is 2. The number of rotatable bonds is 2. The monoisotopic (exact) mass is 278 g/mol. The van der Waals surface area contributed by atoms with Crippen molar-refractivity contribution in [3.8, 4) is 0 Å².